The lowest BCUT2D eigenvalue weighted by molar-refractivity contribution is -0.170. The Morgan fingerprint density at radius 2 is 2.09 bits per heavy atom. The first-order valence-electron chi connectivity index (χ1n) is 11.8. The molecule has 8 heteroatoms. The van der Waals surface area contributed by atoms with Gasteiger partial charge in [0.15, 0.2) is 5.60 Å². The van der Waals surface area contributed by atoms with Gasteiger partial charge >= 0.3 is 5.97 Å². The minimum absolute atomic E-state index is 0.0156. The molecule has 4 aromatic rings. The summed E-state index contributed by atoms with van der Waals surface area (Å²) in [4.78, 5) is 11.8. The summed E-state index contributed by atoms with van der Waals surface area (Å²) >= 11 is 0. The van der Waals surface area contributed by atoms with Gasteiger partial charge in [-0.15, -0.1) is 0 Å². The van der Waals surface area contributed by atoms with Gasteiger partial charge in [-0.3, -0.25) is 5.10 Å². The third kappa shape index (κ3) is 3.90. The Bertz CT molecular complexity index is 1400. The molecular weight excluding hydrogens is 449 g/mol. The Morgan fingerprint density at radius 1 is 1.34 bits per heavy atom. The number of benzene rings is 2. The number of methoxy groups -OCH3 is 1. The molecule has 35 heavy (non-hydrogen) atoms. The molecule has 2 N–H and O–H groups in total. The van der Waals surface area contributed by atoms with Gasteiger partial charge in [0.25, 0.3) is 0 Å². The summed E-state index contributed by atoms with van der Waals surface area (Å²) in [6.45, 7) is 6.66. The molecule has 0 bridgehead atoms. The zero-order valence-corrected chi connectivity index (χ0v) is 20.4. The number of rotatable bonds is 6. The first-order valence-corrected chi connectivity index (χ1v) is 11.8. The minimum Gasteiger partial charge on any atom is -0.479 e. The third-order valence-corrected chi connectivity index (χ3v) is 7.23. The zero-order chi connectivity index (χ0) is 25.0. The fourth-order valence-corrected chi connectivity index (χ4v) is 5.40. The zero-order valence-electron chi connectivity index (χ0n) is 20.4. The van der Waals surface area contributed by atoms with E-state index in [4.69, 9.17) is 9.47 Å². The van der Waals surface area contributed by atoms with Crippen LogP contribution in [0.15, 0.2) is 42.6 Å². The first kappa shape index (κ1) is 23.5. The van der Waals surface area contributed by atoms with E-state index in [0.717, 1.165) is 38.8 Å². The van der Waals surface area contributed by atoms with Crippen LogP contribution in [0.2, 0.25) is 0 Å². The van der Waals surface area contributed by atoms with Gasteiger partial charge in [-0.2, -0.15) is 5.10 Å². The van der Waals surface area contributed by atoms with Crippen LogP contribution in [0.1, 0.15) is 50.8 Å². The van der Waals surface area contributed by atoms with E-state index in [9.17, 15) is 14.3 Å². The number of fused-ring (bicyclic) bond motifs is 2. The fourth-order valence-electron chi connectivity index (χ4n) is 5.40. The van der Waals surface area contributed by atoms with Crippen LogP contribution in [0.3, 0.4) is 0 Å². The lowest BCUT2D eigenvalue weighted by Crippen LogP contribution is -2.43. The highest BCUT2D eigenvalue weighted by Gasteiger charge is 2.42. The van der Waals surface area contributed by atoms with Gasteiger partial charge < -0.3 is 19.1 Å². The van der Waals surface area contributed by atoms with Crippen molar-refractivity contribution in [2.45, 2.75) is 50.5 Å². The molecule has 1 fully saturated rings. The van der Waals surface area contributed by atoms with Crippen molar-refractivity contribution in [2.75, 3.05) is 20.3 Å². The molecule has 0 aliphatic carbocycles. The van der Waals surface area contributed by atoms with Crippen molar-refractivity contribution in [3.05, 3.63) is 59.7 Å². The number of nitrogens with one attached hydrogen (secondary N) is 1. The van der Waals surface area contributed by atoms with Crippen molar-refractivity contribution >= 4 is 27.8 Å². The van der Waals surface area contributed by atoms with Crippen molar-refractivity contribution in [1.29, 1.82) is 0 Å². The number of nitrogens with zero attached hydrogens (tertiary/aromatic N) is 2. The smallest absolute Gasteiger partial charge is 0.335 e. The Labute approximate surface area is 202 Å². The van der Waals surface area contributed by atoms with E-state index in [0.29, 0.717) is 26.1 Å². The molecule has 2 atom stereocenters. The number of ether oxygens (including phenoxy) is 2. The number of carboxylic acid groups (broad SMARTS) is 1. The minimum atomic E-state index is -1.19. The summed E-state index contributed by atoms with van der Waals surface area (Å²) in [6, 6.07) is 10.7. The topological polar surface area (TPSA) is 89.4 Å². The normalized spacial score (nSPS) is 21.1. The molecule has 0 saturated carbocycles. The number of halogens is 1. The summed E-state index contributed by atoms with van der Waals surface area (Å²) in [5, 5.41) is 18.9. The summed E-state index contributed by atoms with van der Waals surface area (Å²) in [6.07, 6.45) is 2.87. The van der Waals surface area contributed by atoms with E-state index < -0.39 is 17.0 Å². The molecule has 1 aliphatic heterocycles. The van der Waals surface area contributed by atoms with Gasteiger partial charge in [-0.05, 0) is 61.7 Å². The highest BCUT2D eigenvalue weighted by Crippen LogP contribution is 2.45. The third-order valence-electron chi connectivity index (χ3n) is 7.23. The Kier molecular flexibility index (Phi) is 5.68. The molecule has 1 aliphatic rings. The average Bonchev–Trinajstić information content (AvgIpc) is 3.41. The number of carboxylic acids is 1. The predicted octanol–water partition coefficient (Wildman–Crippen LogP) is 5.31. The molecule has 0 spiro atoms. The quantitative estimate of drug-likeness (QED) is 0.391. The van der Waals surface area contributed by atoms with Crippen molar-refractivity contribution < 1.29 is 23.8 Å². The monoisotopic (exact) mass is 479 g/mol. The molecule has 2 aromatic carbocycles. The van der Waals surface area contributed by atoms with Gasteiger partial charge in [0, 0.05) is 40.6 Å². The Hall–Kier alpha value is -3.23. The number of aromatic amines is 1. The number of hydrogen-bond donors (Lipinski definition) is 2. The maximum Gasteiger partial charge on any atom is 0.335 e. The first-order chi connectivity index (χ1) is 16.6. The van der Waals surface area contributed by atoms with Crippen LogP contribution in [0.4, 0.5) is 4.39 Å². The van der Waals surface area contributed by atoms with Gasteiger partial charge in [-0.25, -0.2) is 9.18 Å². The Morgan fingerprint density at radius 3 is 2.71 bits per heavy atom. The molecule has 5 rings (SSSR count). The maximum atomic E-state index is 13.9. The molecule has 1 saturated heterocycles. The second-order valence-corrected chi connectivity index (χ2v) is 10.3. The maximum absolute atomic E-state index is 13.9. The van der Waals surface area contributed by atoms with Crippen LogP contribution in [0, 0.1) is 5.82 Å². The van der Waals surface area contributed by atoms with Gasteiger partial charge in [0.2, 0.25) is 0 Å². The number of aliphatic carboxylic acids is 1. The van der Waals surface area contributed by atoms with Crippen LogP contribution in [0.5, 0.6) is 0 Å². The molecular formula is C27H30FN3O4. The molecule has 7 nitrogen and oxygen atoms in total. The van der Waals surface area contributed by atoms with Crippen LogP contribution in [-0.4, -0.2) is 51.8 Å². The molecule has 0 radical (unpaired) electrons. The van der Waals surface area contributed by atoms with Crippen LogP contribution < -0.4 is 0 Å². The Balaban J connectivity index is 1.80. The second-order valence-electron chi connectivity index (χ2n) is 10.3. The molecule has 184 valence electrons. The van der Waals surface area contributed by atoms with Gasteiger partial charge in [0.05, 0.1) is 30.4 Å². The molecule has 3 heterocycles. The predicted molar refractivity (Wildman–Crippen MR) is 132 cm³/mol. The van der Waals surface area contributed by atoms with E-state index in [2.05, 4.69) is 40.7 Å². The molecule has 0 unspecified atom stereocenters. The van der Waals surface area contributed by atoms with Crippen molar-refractivity contribution in [3.63, 3.8) is 0 Å². The average molecular weight is 480 g/mol. The number of H-pyrrole nitrogens is 1. The molecule has 0 amide bonds. The van der Waals surface area contributed by atoms with Gasteiger partial charge in [0.1, 0.15) is 5.82 Å². The lowest BCUT2D eigenvalue weighted by Gasteiger charge is -2.36. The van der Waals surface area contributed by atoms with Crippen LogP contribution >= 0.6 is 0 Å². The van der Waals surface area contributed by atoms with E-state index >= 15 is 0 Å². The van der Waals surface area contributed by atoms with Crippen LogP contribution in [-0.2, 0) is 19.7 Å². The fraction of sp³-hybridized carbons (Fsp3) is 0.407. The van der Waals surface area contributed by atoms with Crippen molar-refractivity contribution in [1.82, 2.24) is 14.8 Å². The van der Waals surface area contributed by atoms with E-state index in [1.54, 1.807) is 32.4 Å². The summed E-state index contributed by atoms with van der Waals surface area (Å²) < 4.78 is 27.6. The number of hydrogen-bond acceptors (Lipinski definition) is 4. The summed E-state index contributed by atoms with van der Waals surface area (Å²) in [7, 11) is 1.68. The number of aromatic nitrogens is 3. The highest BCUT2D eigenvalue weighted by atomic mass is 19.1. The largest absolute Gasteiger partial charge is 0.479 e. The van der Waals surface area contributed by atoms with Crippen molar-refractivity contribution in [2.24, 2.45) is 0 Å². The SMILES string of the molecule is COCC(C)(C)c1c([C@H]2CC[C@](C)(C(=O)O)OC2)c2cc3[nH]ncc3cc2n1-c1ccc(F)cc1. The van der Waals surface area contributed by atoms with E-state index in [-0.39, 0.29) is 11.7 Å². The highest BCUT2D eigenvalue weighted by molar-refractivity contribution is 5.99. The summed E-state index contributed by atoms with van der Waals surface area (Å²) in [5.74, 6) is -1.25. The van der Waals surface area contributed by atoms with E-state index in [1.165, 1.54) is 12.1 Å². The van der Waals surface area contributed by atoms with E-state index in [1.807, 2.05) is 0 Å². The van der Waals surface area contributed by atoms with Gasteiger partial charge in [-0.1, -0.05) is 13.8 Å². The lowest BCUT2D eigenvalue weighted by atomic mass is 9.79. The second kappa shape index (κ2) is 8.46. The molecule has 2 aromatic heterocycles. The standard InChI is InChI=1S/C27H30FN3O4/c1-26(2,15-34-4)24-23(16-9-10-27(3,25(32)33)35-14-16)20-12-21-17(13-29-30-21)11-22(20)31(24)19-7-5-18(28)6-8-19/h5-8,11-13,16H,9-10,14-15H2,1-4H3,(H,29,30)(H,32,33)/t16-,27+/m0/s1. The van der Waals surface area contributed by atoms with Crippen LogP contribution in [0.25, 0.3) is 27.5 Å². The number of carbonyl (C=O) groups is 1. The summed E-state index contributed by atoms with van der Waals surface area (Å²) in [5.41, 5.74) is 3.30. The van der Waals surface area contributed by atoms with Crippen molar-refractivity contribution in [3.8, 4) is 5.69 Å².